The summed E-state index contributed by atoms with van der Waals surface area (Å²) in [6.45, 7) is 5.32. The molecule has 1 N–H and O–H groups in total. The lowest BCUT2D eigenvalue weighted by Crippen LogP contribution is -2.52. The average Bonchev–Trinajstić information content (AvgIpc) is 2.89. The molecule has 0 aliphatic heterocycles. The van der Waals surface area contributed by atoms with Gasteiger partial charge in [-0.05, 0) is 74.4 Å². The first-order valence-corrected chi connectivity index (χ1v) is 14.0. The normalized spacial score (nSPS) is 12.0. The zero-order chi connectivity index (χ0) is 27.9. The molecule has 1 atom stereocenters. The number of halogens is 2. The number of carbonyl (C=O) groups excluding carboxylic acids is 2. The van der Waals surface area contributed by atoms with E-state index in [1.54, 1.807) is 62.4 Å². The molecule has 0 saturated carbocycles. The average molecular weight is 560 g/mol. The van der Waals surface area contributed by atoms with E-state index in [4.69, 9.17) is 11.6 Å². The number of nitrogens with one attached hydrogen (secondary N) is 1. The number of hydrogen-bond acceptors (Lipinski definition) is 4. The molecule has 0 heterocycles. The number of nitrogens with zero attached hydrogens (tertiary/aromatic N) is 2. The lowest BCUT2D eigenvalue weighted by Gasteiger charge is -2.33. The number of hydrogen-bond donors (Lipinski definition) is 1. The van der Waals surface area contributed by atoms with Gasteiger partial charge in [-0.15, -0.1) is 0 Å². The van der Waals surface area contributed by atoms with Crippen LogP contribution in [0.5, 0.6) is 0 Å². The van der Waals surface area contributed by atoms with Crippen molar-refractivity contribution >= 4 is 39.1 Å². The molecule has 0 unspecified atom stereocenters. The Kier molecular flexibility index (Phi) is 9.88. The van der Waals surface area contributed by atoms with Gasteiger partial charge >= 0.3 is 0 Å². The van der Waals surface area contributed by atoms with E-state index in [1.807, 2.05) is 6.92 Å². The van der Waals surface area contributed by atoms with Crippen LogP contribution in [0.3, 0.4) is 0 Å². The van der Waals surface area contributed by atoms with Crippen molar-refractivity contribution in [3.8, 4) is 0 Å². The lowest BCUT2D eigenvalue weighted by atomic mass is 10.1. The first-order valence-electron chi connectivity index (χ1n) is 12.2. The van der Waals surface area contributed by atoms with Crippen molar-refractivity contribution in [3.05, 3.63) is 94.8 Å². The Balaban J connectivity index is 2.04. The molecule has 0 aliphatic rings. The van der Waals surface area contributed by atoms with Crippen molar-refractivity contribution in [3.63, 3.8) is 0 Å². The fourth-order valence-electron chi connectivity index (χ4n) is 3.97. The predicted octanol–water partition coefficient (Wildman–Crippen LogP) is 4.93. The predicted molar refractivity (Wildman–Crippen MR) is 147 cm³/mol. The highest BCUT2D eigenvalue weighted by Crippen LogP contribution is 2.25. The van der Waals surface area contributed by atoms with Crippen LogP contribution in [0.15, 0.2) is 77.7 Å². The maximum absolute atomic E-state index is 13.9. The Labute approximate surface area is 228 Å². The van der Waals surface area contributed by atoms with Gasteiger partial charge in [-0.2, -0.15) is 0 Å². The number of benzene rings is 3. The second-order valence-electron chi connectivity index (χ2n) is 8.77. The van der Waals surface area contributed by atoms with Gasteiger partial charge in [-0.25, -0.2) is 12.8 Å². The Morgan fingerprint density at radius 2 is 1.55 bits per heavy atom. The minimum absolute atomic E-state index is 0.0734. The highest BCUT2D eigenvalue weighted by Gasteiger charge is 2.33. The van der Waals surface area contributed by atoms with Crippen LogP contribution >= 0.6 is 11.6 Å². The van der Waals surface area contributed by atoms with E-state index < -0.39 is 34.3 Å². The third-order valence-electron chi connectivity index (χ3n) is 6.01. The van der Waals surface area contributed by atoms with Gasteiger partial charge in [0.15, 0.2) is 0 Å². The maximum atomic E-state index is 13.9. The fraction of sp³-hybridized carbons (Fsp3) is 0.286. The van der Waals surface area contributed by atoms with Gasteiger partial charge in [0, 0.05) is 18.1 Å². The highest BCUT2D eigenvalue weighted by atomic mass is 35.5. The molecular formula is C28H31ClFN3O4S. The van der Waals surface area contributed by atoms with E-state index >= 15 is 0 Å². The molecule has 3 aromatic carbocycles. The van der Waals surface area contributed by atoms with Crippen molar-refractivity contribution in [2.45, 2.75) is 44.7 Å². The van der Waals surface area contributed by atoms with Gasteiger partial charge in [0.05, 0.1) is 10.6 Å². The van der Waals surface area contributed by atoms with Gasteiger partial charge in [-0.1, -0.05) is 48.4 Å². The number of rotatable bonds is 11. The minimum atomic E-state index is -4.25. The summed E-state index contributed by atoms with van der Waals surface area (Å²) in [4.78, 5) is 28.0. The molecule has 3 rings (SSSR count). The molecule has 10 heteroatoms. The van der Waals surface area contributed by atoms with Gasteiger partial charge in [0.2, 0.25) is 11.8 Å². The quantitative estimate of drug-likeness (QED) is 0.361. The van der Waals surface area contributed by atoms with E-state index in [1.165, 1.54) is 4.90 Å². The lowest BCUT2D eigenvalue weighted by molar-refractivity contribution is -0.140. The van der Waals surface area contributed by atoms with Gasteiger partial charge in [0.1, 0.15) is 18.4 Å². The third-order valence-corrected chi connectivity index (χ3v) is 8.05. The minimum Gasteiger partial charge on any atom is -0.355 e. The molecule has 0 bridgehead atoms. The number of sulfonamides is 1. The Hall–Kier alpha value is -3.43. The van der Waals surface area contributed by atoms with Crippen molar-refractivity contribution in [2.24, 2.45) is 0 Å². The van der Waals surface area contributed by atoms with E-state index in [0.29, 0.717) is 18.0 Å². The van der Waals surface area contributed by atoms with Crippen LogP contribution in [0, 0.1) is 12.7 Å². The highest BCUT2D eigenvalue weighted by molar-refractivity contribution is 7.92. The molecule has 202 valence electrons. The summed E-state index contributed by atoms with van der Waals surface area (Å²) < 4.78 is 41.9. The summed E-state index contributed by atoms with van der Waals surface area (Å²) in [6, 6.07) is 17.2. The largest absolute Gasteiger partial charge is 0.355 e. The first kappa shape index (κ1) is 29.1. The third kappa shape index (κ3) is 7.11. The number of anilines is 1. The molecule has 7 nitrogen and oxygen atoms in total. The fourth-order valence-corrected chi connectivity index (χ4v) is 5.51. The Bertz CT molecular complexity index is 1350. The van der Waals surface area contributed by atoms with Crippen LogP contribution in [0.4, 0.5) is 10.1 Å². The van der Waals surface area contributed by atoms with Crippen LogP contribution in [-0.2, 0) is 26.2 Å². The molecule has 0 radical (unpaired) electrons. The molecule has 0 saturated heterocycles. The Morgan fingerprint density at radius 1 is 0.947 bits per heavy atom. The van der Waals surface area contributed by atoms with E-state index in [9.17, 15) is 22.4 Å². The van der Waals surface area contributed by atoms with E-state index in [2.05, 4.69) is 5.32 Å². The molecule has 0 aromatic heterocycles. The van der Waals surface area contributed by atoms with Gasteiger partial charge < -0.3 is 10.2 Å². The van der Waals surface area contributed by atoms with Crippen LogP contribution in [0.2, 0.25) is 5.02 Å². The number of carbonyl (C=O) groups is 2. The van der Waals surface area contributed by atoms with Crippen LogP contribution < -0.4 is 9.62 Å². The summed E-state index contributed by atoms with van der Waals surface area (Å²) in [7, 11) is -4.25. The molecule has 0 fully saturated rings. The summed E-state index contributed by atoms with van der Waals surface area (Å²) >= 11 is 6.02. The molecule has 0 aliphatic carbocycles. The second-order valence-corrected chi connectivity index (χ2v) is 11.1. The van der Waals surface area contributed by atoms with Gasteiger partial charge in [0.25, 0.3) is 10.0 Å². The summed E-state index contributed by atoms with van der Waals surface area (Å²) in [5.74, 6) is -1.48. The van der Waals surface area contributed by atoms with Crippen LogP contribution in [0.1, 0.15) is 31.4 Å². The smallest absolute Gasteiger partial charge is 0.264 e. The number of likely N-dealkylation sites (N-methyl/N-ethyl adjacent to an activating group) is 1. The van der Waals surface area contributed by atoms with Crippen molar-refractivity contribution in [1.29, 1.82) is 0 Å². The van der Waals surface area contributed by atoms with E-state index in [-0.39, 0.29) is 23.0 Å². The molecule has 38 heavy (non-hydrogen) atoms. The summed E-state index contributed by atoms with van der Waals surface area (Å²) in [6.07, 6.45) is 0.320. The van der Waals surface area contributed by atoms with Crippen molar-refractivity contribution in [1.82, 2.24) is 10.2 Å². The monoisotopic (exact) mass is 559 g/mol. The zero-order valence-electron chi connectivity index (χ0n) is 21.5. The molecule has 0 spiro atoms. The summed E-state index contributed by atoms with van der Waals surface area (Å²) in [5.41, 5.74) is 1.91. The van der Waals surface area contributed by atoms with Crippen LogP contribution in [0.25, 0.3) is 0 Å². The number of amides is 2. The zero-order valence-corrected chi connectivity index (χ0v) is 23.1. The maximum Gasteiger partial charge on any atom is 0.264 e. The Morgan fingerprint density at radius 3 is 2.11 bits per heavy atom. The SMILES string of the molecule is CCNC(=O)[C@H](CC)N(Cc1ccc(Cl)cc1)C(=O)CN(c1ccc(C)cc1)S(=O)(=O)c1ccc(F)cc1. The molecular weight excluding hydrogens is 529 g/mol. The number of aryl methyl sites for hydroxylation is 1. The summed E-state index contributed by atoms with van der Waals surface area (Å²) in [5, 5.41) is 3.28. The van der Waals surface area contributed by atoms with Crippen molar-refractivity contribution in [2.75, 3.05) is 17.4 Å². The molecule has 3 aromatic rings. The molecule has 2 amide bonds. The standard InChI is InChI=1S/C28H31ClFN3O4S/c1-4-26(28(35)31-5-2)32(18-21-8-10-22(29)11-9-21)27(34)19-33(24-14-6-20(3)7-15-24)38(36,37)25-16-12-23(30)13-17-25/h6-17,26H,4-5,18-19H2,1-3H3,(H,31,35)/t26-/m0/s1. The first-order chi connectivity index (χ1) is 18.1. The topological polar surface area (TPSA) is 86.8 Å². The van der Waals surface area contributed by atoms with E-state index in [0.717, 1.165) is 39.7 Å². The second kappa shape index (κ2) is 12.9. The van der Waals surface area contributed by atoms with Gasteiger partial charge in [-0.3, -0.25) is 13.9 Å². The van der Waals surface area contributed by atoms with Crippen LogP contribution in [-0.4, -0.2) is 44.3 Å². The van der Waals surface area contributed by atoms with Crippen molar-refractivity contribution < 1.29 is 22.4 Å².